The summed E-state index contributed by atoms with van der Waals surface area (Å²) in [4.78, 5) is 0. The lowest BCUT2D eigenvalue weighted by molar-refractivity contribution is 0.454. The third-order valence-corrected chi connectivity index (χ3v) is 2.97. The van der Waals surface area contributed by atoms with Gasteiger partial charge in [-0.25, -0.2) is 0 Å². The summed E-state index contributed by atoms with van der Waals surface area (Å²) in [6.45, 7) is 1.93. The Balaban J connectivity index is 2.42. The lowest BCUT2D eigenvalue weighted by atomic mass is 10.0. The second-order valence-electron chi connectivity index (χ2n) is 4.00. The molecule has 5 heteroatoms. The molecule has 1 aromatic carbocycles. The fourth-order valence-electron chi connectivity index (χ4n) is 1.85. The molecule has 0 aliphatic heterocycles. The van der Waals surface area contributed by atoms with E-state index in [0.717, 1.165) is 5.56 Å². The first-order valence-corrected chi connectivity index (χ1v) is 6.04. The van der Waals surface area contributed by atoms with Crippen LogP contribution in [0, 0.1) is 0 Å². The van der Waals surface area contributed by atoms with E-state index in [1.165, 1.54) is 0 Å². The minimum atomic E-state index is -0.0931. The summed E-state index contributed by atoms with van der Waals surface area (Å²) in [5.74, 6) is 0. The average molecular weight is 270 g/mol. The number of halogens is 2. The maximum atomic E-state index is 6.01. The summed E-state index contributed by atoms with van der Waals surface area (Å²) in [6, 6.07) is 7.45. The third kappa shape index (κ3) is 2.80. The van der Waals surface area contributed by atoms with E-state index in [9.17, 15) is 0 Å². The number of nitrogens with two attached hydrogens (primary N) is 1. The fraction of sp³-hybridized carbons (Fsp3) is 0.250. The molecular formula is C12H13Cl2N3. The zero-order valence-electron chi connectivity index (χ0n) is 9.35. The highest BCUT2D eigenvalue weighted by Gasteiger charge is 2.19. The van der Waals surface area contributed by atoms with Gasteiger partial charge in [0.05, 0.1) is 17.3 Å². The van der Waals surface area contributed by atoms with Crippen LogP contribution in [0.4, 0.5) is 0 Å². The maximum Gasteiger partial charge on any atom is 0.0917 e. The number of benzene rings is 1. The van der Waals surface area contributed by atoms with E-state index in [2.05, 4.69) is 5.10 Å². The monoisotopic (exact) mass is 269 g/mol. The predicted molar refractivity (Wildman–Crippen MR) is 70.5 cm³/mol. The van der Waals surface area contributed by atoms with Crippen molar-refractivity contribution in [3.8, 4) is 0 Å². The van der Waals surface area contributed by atoms with Crippen molar-refractivity contribution in [3.63, 3.8) is 0 Å². The van der Waals surface area contributed by atoms with Gasteiger partial charge in [-0.3, -0.25) is 4.68 Å². The van der Waals surface area contributed by atoms with E-state index in [4.69, 9.17) is 28.9 Å². The van der Waals surface area contributed by atoms with Gasteiger partial charge in [-0.1, -0.05) is 35.3 Å². The molecule has 2 unspecified atom stereocenters. The quantitative estimate of drug-likeness (QED) is 0.931. The largest absolute Gasteiger partial charge is 0.326 e. The second-order valence-corrected chi connectivity index (χ2v) is 4.87. The first-order valence-electron chi connectivity index (χ1n) is 5.28. The summed E-state index contributed by atoms with van der Waals surface area (Å²) in [5.41, 5.74) is 7.03. The normalized spacial score (nSPS) is 14.6. The minimum absolute atomic E-state index is 0.0683. The SMILES string of the molecule is CC(N)C(c1cccc(Cl)c1)n1cc(Cl)cn1. The molecule has 3 nitrogen and oxygen atoms in total. The zero-order chi connectivity index (χ0) is 12.4. The van der Waals surface area contributed by atoms with E-state index in [0.29, 0.717) is 10.0 Å². The Morgan fingerprint density at radius 3 is 2.59 bits per heavy atom. The van der Waals surface area contributed by atoms with Crippen LogP contribution >= 0.6 is 23.2 Å². The van der Waals surface area contributed by atoms with Crippen LogP contribution in [-0.2, 0) is 0 Å². The Labute approximate surface area is 110 Å². The van der Waals surface area contributed by atoms with Crippen LogP contribution < -0.4 is 5.73 Å². The number of aromatic nitrogens is 2. The van der Waals surface area contributed by atoms with Crippen molar-refractivity contribution < 1.29 is 0 Å². The maximum absolute atomic E-state index is 6.01. The zero-order valence-corrected chi connectivity index (χ0v) is 10.9. The van der Waals surface area contributed by atoms with E-state index in [-0.39, 0.29) is 12.1 Å². The van der Waals surface area contributed by atoms with Gasteiger partial charge in [0.2, 0.25) is 0 Å². The molecule has 0 spiro atoms. The molecule has 2 atom stereocenters. The van der Waals surface area contributed by atoms with Crippen molar-refractivity contribution in [2.24, 2.45) is 5.73 Å². The van der Waals surface area contributed by atoms with Crippen molar-refractivity contribution in [1.29, 1.82) is 0 Å². The first kappa shape index (κ1) is 12.4. The molecule has 0 saturated carbocycles. The topological polar surface area (TPSA) is 43.8 Å². The molecule has 0 fully saturated rings. The minimum Gasteiger partial charge on any atom is -0.326 e. The Hall–Kier alpha value is -1.03. The van der Waals surface area contributed by atoms with E-state index < -0.39 is 0 Å². The summed E-state index contributed by atoms with van der Waals surface area (Å²) in [7, 11) is 0. The van der Waals surface area contributed by atoms with Gasteiger partial charge < -0.3 is 5.73 Å². The molecular weight excluding hydrogens is 257 g/mol. The predicted octanol–water partition coefficient (Wildman–Crippen LogP) is 3.13. The van der Waals surface area contributed by atoms with Gasteiger partial charge in [-0.2, -0.15) is 5.10 Å². The Morgan fingerprint density at radius 1 is 1.29 bits per heavy atom. The number of hydrogen-bond donors (Lipinski definition) is 1. The molecule has 0 saturated heterocycles. The molecule has 2 aromatic rings. The molecule has 1 aromatic heterocycles. The van der Waals surface area contributed by atoms with Gasteiger partial charge >= 0.3 is 0 Å². The van der Waals surface area contributed by atoms with Crippen LogP contribution in [0.3, 0.4) is 0 Å². The van der Waals surface area contributed by atoms with Crippen LogP contribution in [-0.4, -0.2) is 15.8 Å². The molecule has 1 heterocycles. The number of nitrogens with zero attached hydrogens (tertiary/aromatic N) is 2. The van der Waals surface area contributed by atoms with Crippen LogP contribution in [0.5, 0.6) is 0 Å². The van der Waals surface area contributed by atoms with Gasteiger partial charge in [0.1, 0.15) is 0 Å². The lowest BCUT2D eigenvalue weighted by Crippen LogP contribution is -2.30. The third-order valence-electron chi connectivity index (χ3n) is 2.54. The van der Waals surface area contributed by atoms with E-state index in [1.807, 2.05) is 31.2 Å². The summed E-state index contributed by atoms with van der Waals surface area (Å²) in [5, 5.41) is 5.49. The first-order chi connectivity index (χ1) is 8.08. The van der Waals surface area contributed by atoms with Crippen LogP contribution in [0.1, 0.15) is 18.5 Å². The van der Waals surface area contributed by atoms with Crippen molar-refractivity contribution in [3.05, 3.63) is 52.3 Å². The Morgan fingerprint density at radius 2 is 2.06 bits per heavy atom. The molecule has 0 aliphatic rings. The molecule has 0 bridgehead atoms. The van der Waals surface area contributed by atoms with Gasteiger partial charge in [-0.05, 0) is 24.6 Å². The van der Waals surface area contributed by atoms with Crippen molar-refractivity contribution >= 4 is 23.2 Å². The summed E-state index contributed by atoms with van der Waals surface area (Å²) >= 11 is 11.9. The van der Waals surface area contributed by atoms with Gasteiger partial charge in [0, 0.05) is 17.3 Å². The Kier molecular flexibility index (Phi) is 3.72. The van der Waals surface area contributed by atoms with Crippen LogP contribution in [0.25, 0.3) is 0 Å². The highest BCUT2D eigenvalue weighted by Crippen LogP contribution is 2.24. The molecule has 0 radical (unpaired) electrons. The highest BCUT2D eigenvalue weighted by atomic mass is 35.5. The van der Waals surface area contributed by atoms with E-state index >= 15 is 0 Å². The van der Waals surface area contributed by atoms with Gasteiger partial charge in [0.25, 0.3) is 0 Å². The molecule has 2 rings (SSSR count). The fourth-order valence-corrected chi connectivity index (χ4v) is 2.20. The molecule has 0 amide bonds. The molecule has 90 valence electrons. The summed E-state index contributed by atoms with van der Waals surface area (Å²) in [6.07, 6.45) is 3.36. The average Bonchev–Trinajstić information content (AvgIpc) is 2.64. The molecule has 2 N–H and O–H groups in total. The molecule has 17 heavy (non-hydrogen) atoms. The lowest BCUT2D eigenvalue weighted by Gasteiger charge is -2.22. The summed E-state index contributed by atoms with van der Waals surface area (Å²) < 4.78 is 1.76. The van der Waals surface area contributed by atoms with E-state index in [1.54, 1.807) is 17.1 Å². The smallest absolute Gasteiger partial charge is 0.0917 e. The number of hydrogen-bond acceptors (Lipinski definition) is 2. The van der Waals surface area contributed by atoms with Crippen molar-refractivity contribution in [1.82, 2.24) is 9.78 Å². The van der Waals surface area contributed by atoms with Crippen LogP contribution in [0.2, 0.25) is 10.0 Å². The van der Waals surface area contributed by atoms with Crippen molar-refractivity contribution in [2.45, 2.75) is 19.0 Å². The Bertz CT molecular complexity index is 508. The van der Waals surface area contributed by atoms with Crippen LogP contribution in [0.15, 0.2) is 36.7 Å². The van der Waals surface area contributed by atoms with Gasteiger partial charge in [-0.15, -0.1) is 0 Å². The second kappa shape index (κ2) is 5.08. The van der Waals surface area contributed by atoms with Crippen molar-refractivity contribution in [2.75, 3.05) is 0 Å². The highest BCUT2D eigenvalue weighted by molar-refractivity contribution is 6.30. The standard InChI is InChI=1S/C12H13Cl2N3/c1-8(15)12(17-7-11(14)6-16-17)9-3-2-4-10(13)5-9/h2-8,12H,15H2,1H3. The number of rotatable bonds is 3. The van der Waals surface area contributed by atoms with Gasteiger partial charge in [0.15, 0.2) is 0 Å². The molecule has 0 aliphatic carbocycles.